The van der Waals surface area contributed by atoms with E-state index in [4.69, 9.17) is 0 Å². The van der Waals surface area contributed by atoms with E-state index in [1.807, 2.05) is 49.1 Å². The van der Waals surface area contributed by atoms with Gasteiger partial charge in [0.15, 0.2) is 24.8 Å². The summed E-state index contributed by atoms with van der Waals surface area (Å²) >= 11 is 0. The van der Waals surface area contributed by atoms with Crippen LogP contribution < -0.4 is 57.1 Å². The molecule has 0 spiro atoms. The fourth-order valence-electron chi connectivity index (χ4n) is 3.28. The fourth-order valence-corrected chi connectivity index (χ4v) is 3.28. The lowest BCUT2D eigenvalue weighted by molar-refractivity contribution is -0.708. The van der Waals surface area contributed by atoms with E-state index in [9.17, 15) is 0 Å². The highest BCUT2D eigenvalue weighted by Gasteiger charge is 2.06. The Bertz CT molecular complexity index is 908. The minimum atomic E-state index is 0. The molecule has 0 atom stereocenters. The molecule has 154 valence electrons. The van der Waals surface area contributed by atoms with Crippen molar-refractivity contribution in [2.75, 3.05) is 0 Å². The molecule has 0 saturated carbocycles. The average Bonchev–Trinajstić information content (AvgIpc) is 2.79. The minimum Gasteiger partial charge on any atom is -1.00 e. The summed E-state index contributed by atoms with van der Waals surface area (Å²) in [6.45, 7) is 2.07. The van der Waals surface area contributed by atoms with Crippen LogP contribution in [0.25, 0.3) is 22.3 Å². The number of hydrogen-bond acceptors (Lipinski definition) is 2. The molecular formula is C24H24I2N4. The number of unbranched alkanes of at least 4 members (excludes halogenated alkanes) is 1. The van der Waals surface area contributed by atoms with Gasteiger partial charge in [0.05, 0.1) is 0 Å². The molecule has 0 amide bonds. The molecule has 4 nitrogen and oxygen atoms in total. The van der Waals surface area contributed by atoms with Gasteiger partial charge in [-0.15, -0.1) is 0 Å². The molecular weight excluding hydrogens is 598 g/mol. The largest absolute Gasteiger partial charge is 1.00 e. The van der Waals surface area contributed by atoms with E-state index in [1.54, 1.807) is 0 Å². The lowest BCUT2D eigenvalue weighted by Crippen LogP contribution is -3.00. The number of hydrogen-bond donors (Lipinski definition) is 0. The first-order chi connectivity index (χ1) is 13.9. The van der Waals surface area contributed by atoms with Gasteiger partial charge < -0.3 is 48.0 Å². The SMILES string of the molecule is [I-].[I-].c1cc(-c2cc[n+](CCCC[n+]3ccc(-c4ccncc4)cc3)cc2)ccn1. The summed E-state index contributed by atoms with van der Waals surface area (Å²) in [7, 11) is 0. The summed E-state index contributed by atoms with van der Waals surface area (Å²) in [6.07, 6.45) is 18.3. The van der Waals surface area contributed by atoms with Crippen molar-refractivity contribution in [2.45, 2.75) is 25.9 Å². The van der Waals surface area contributed by atoms with Gasteiger partial charge >= 0.3 is 0 Å². The van der Waals surface area contributed by atoms with Gasteiger partial charge in [-0.25, -0.2) is 9.13 Å². The van der Waals surface area contributed by atoms with Gasteiger partial charge in [-0.05, 0) is 46.5 Å². The Morgan fingerprint density at radius 1 is 0.467 bits per heavy atom. The lowest BCUT2D eigenvalue weighted by atomic mass is 10.1. The number of rotatable bonds is 7. The molecule has 4 heterocycles. The minimum absolute atomic E-state index is 0. The summed E-state index contributed by atoms with van der Waals surface area (Å²) in [4.78, 5) is 8.15. The zero-order chi connectivity index (χ0) is 19.0. The van der Waals surface area contributed by atoms with Gasteiger partial charge in [-0.1, -0.05) is 0 Å². The maximum absolute atomic E-state index is 4.07. The number of aryl methyl sites for hydroxylation is 2. The number of halogens is 2. The standard InChI is InChI=1S/C24H24N4.2HI/c1(15-27-17-7-23(8-18-27)21-3-11-25-12-4-21)2-16-28-19-9-24(10-20-28)22-5-13-26-14-6-22;;/h3-14,17-20H,1-2,15-16H2;2*1H/q+2;;/p-2. The molecule has 0 saturated heterocycles. The van der Waals surface area contributed by atoms with E-state index in [0.29, 0.717) is 0 Å². The van der Waals surface area contributed by atoms with Gasteiger partial charge in [-0.3, -0.25) is 9.97 Å². The van der Waals surface area contributed by atoms with E-state index >= 15 is 0 Å². The maximum atomic E-state index is 4.07. The normalized spacial score (nSPS) is 10.0. The smallest absolute Gasteiger partial charge is 0.169 e. The molecule has 0 bridgehead atoms. The highest BCUT2D eigenvalue weighted by molar-refractivity contribution is 5.61. The van der Waals surface area contributed by atoms with Gasteiger partial charge in [0.2, 0.25) is 0 Å². The first kappa shape index (κ1) is 24.3. The van der Waals surface area contributed by atoms with E-state index < -0.39 is 0 Å². The zero-order valence-corrected chi connectivity index (χ0v) is 20.9. The maximum Gasteiger partial charge on any atom is 0.169 e. The predicted molar refractivity (Wildman–Crippen MR) is 109 cm³/mol. The Labute approximate surface area is 212 Å². The van der Waals surface area contributed by atoms with Crippen molar-refractivity contribution in [1.29, 1.82) is 0 Å². The van der Waals surface area contributed by atoms with Crippen molar-refractivity contribution in [3.8, 4) is 22.3 Å². The third-order valence-electron chi connectivity index (χ3n) is 4.89. The molecule has 4 aromatic rings. The van der Waals surface area contributed by atoms with Crippen LogP contribution in [-0.4, -0.2) is 9.97 Å². The van der Waals surface area contributed by atoms with Crippen LogP contribution in [0.5, 0.6) is 0 Å². The molecule has 6 heteroatoms. The molecule has 4 rings (SSSR count). The van der Waals surface area contributed by atoms with Crippen LogP contribution in [-0.2, 0) is 13.1 Å². The molecule has 30 heavy (non-hydrogen) atoms. The Morgan fingerprint density at radius 2 is 0.767 bits per heavy atom. The van der Waals surface area contributed by atoms with Crippen molar-refractivity contribution < 1.29 is 57.1 Å². The van der Waals surface area contributed by atoms with E-state index in [2.05, 4.69) is 68.2 Å². The molecule has 0 aliphatic rings. The highest BCUT2D eigenvalue weighted by atomic mass is 127. The van der Waals surface area contributed by atoms with Gasteiger partial charge in [0.1, 0.15) is 13.1 Å². The van der Waals surface area contributed by atoms with E-state index in [1.165, 1.54) is 22.3 Å². The lowest BCUT2D eigenvalue weighted by Gasteiger charge is -2.02. The molecule has 0 N–H and O–H groups in total. The van der Waals surface area contributed by atoms with Crippen LogP contribution in [0, 0.1) is 0 Å². The van der Waals surface area contributed by atoms with Gasteiger partial charge in [-0.2, -0.15) is 0 Å². The van der Waals surface area contributed by atoms with Crippen molar-refractivity contribution in [2.24, 2.45) is 0 Å². The Hall–Kier alpha value is -1.94. The quantitative estimate of drug-likeness (QED) is 0.134. The number of pyridine rings is 4. The van der Waals surface area contributed by atoms with Crippen molar-refractivity contribution in [3.63, 3.8) is 0 Å². The van der Waals surface area contributed by atoms with E-state index in [0.717, 1.165) is 25.9 Å². The molecule has 0 aliphatic carbocycles. The summed E-state index contributed by atoms with van der Waals surface area (Å²) < 4.78 is 4.50. The third-order valence-corrected chi connectivity index (χ3v) is 4.89. The fraction of sp³-hybridized carbons (Fsp3) is 0.167. The molecule has 0 radical (unpaired) electrons. The Balaban J connectivity index is 0.00000160. The topological polar surface area (TPSA) is 33.5 Å². The van der Waals surface area contributed by atoms with Gasteiger partial charge in [0, 0.05) is 61.9 Å². The van der Waals surface area contributed by atoms with E-state index in [-0.39, 0.29) is 48.0 Å². The second-order valence-corrected chi connectivity index (χ2v) is 6.83. The first-order valence-electron chi connectivity index (χ1n) is 9.67. The average molecular weight is 622 g/mol. The van der Waals surface area contributed by atoms with Crippen LogP contribution in [0.3, 0.4) is 0 Å². The van der Waals surface area contributed by atoms with Crippen molar-refractivity contribution in [1.82, 2.24) is 9.97 Å². The molecule has 0 aliphatic heterocycles. The molecule has 0 unspecified atom stereocenters. The second kappa shape index (κ2) is 12.7. The molecule has 4 aromatic heterocycles. The molecule has 0 aromatic carbocycles. The predicted octanol–water partition coefficient (Wildman–Crippen LogP) is -2.13. The summed E-state index contributed by atoms with van der Waals surface area (Å²) in [6, 6.07) is 16.8. The van der Waals surface area contributed by atoms with Gasteiger partial charge in [0.25, 0.3) is 0 Å². The third kappa shape index (κ3) is 6.80. The van der Waals surface area contributed by atoms with Crippen LogP contribution in [0.1, 0.15) is 12.8 Å². The van der Waals surface area contributed by atoms with Crippen molar-refractivity contribution >= 4 is 0 Å². The summed E-state index contributed by atoms with van der Waals surface area (Å²) in [5, 5.41) is 0. The monoisotopic (exact) mass is 622 g/mol. The summed E-state index contributed by atoms with van der Waals surface area (Å²) in [5.74, 6) is 0. The van der Waals surface area contributed by atoms with Crippen LogP contribution >= 0.6 is 0 Å². The number of nitrogens with zero attached hydrogens (tertiary/aromatic N) is 4. The van der Waals surface area contributed by atoms with Crippen molar-refractivity contribution in [3.05, 3.63) is 98.1 Å². The van der Waals surface area contributed by atoms with Crippen LogP contribution in [0.15, 0.2) is 98.1 Å². The second-order valence-electron chi connectivity index (χ2n) is 6.83. The summed E-state index contributed by atoms with van der Waals surface area (Å²) in [5.41, 5.74) is 4.86. The Kier molecular flexibility index (Phi) is 10.3. The zero-order valence-electron chi connectivity index (χ0n) is 16.6. The van der Waals surface area contributed by atoms with Crippen LogP contribution in [0.4, 0.5) is 0 Å². The first-order valence-corrected chi connectivity index (χ1v) is 9.67. The molecule has 0 fully saturated rings. The highest BCUT2D eigenvalue weighted by Crippen LogP contribution is 2.16. The Morgan fingerprint density at radius 3 is 1.10 bits per heavy atom. The number of aromatic nitrogens is 4. The van der Waals surface area contributed by atoms with Crippen LogP contribution in [0.2, 0.25) is 0 Å².